The third-order valence-corrected chi connectivity index (χ3v) is 11.2. The molecule has 2 saturated heterocycles. The summed E-state index contributed by atoms with van der Waals surface area (Å²) in [5, 5.41) is 0. The summed E-state index contributed by atoms with van der Waals surface area (Å²) in [6, 6.07) is 0. The Morgan fingerprint density at radius 1 is 0.947 bits per heavy atom. The topological polar surface area (TPSA) is 116 Å². The molecule has 1 spiro atoms. The summed E-state index contributed by atoms with van der Waals surface area (Å²) in [5.41, 5.74) is -3.43. The number of carbonyl (C=O) groups excluding carboxylic acids is 5. The number of carbonyl (C=O) groups is 5. The van der Waals surface area contributed by atoms with Crippen LogP contribution in [0.25, 0.3) is 0 Å². The molecular weight excluding hydrogens is 488 g/mol. The molecule has 3 aliphatic carbocycles. The Labute approximate surface area is 224 Å². The summed E-state index contributed by atoms with van der Waals surface area (Å²) in [6.45, 7) is 10.1. The summed E-state index contributed by atoms with van der Waals surface area (Å²) < 4.78 is 17.0. The zero-order chi connectivity index (χ0) is 27.9. The third kappa shape index (κ3) is 3.44. The lowest BCUT2D eigenvalue weighted by Crippen LogP contribution is -2.61. The second-order valence-electron chi connectivity index (χ2n) is 13.1. The van der Waals surface area contributed by atoms with Crippen molar-refractivity contribution in [3.8, 4) is 0 Å². The molecular formula is C30H40O8. The minimum atomic E-state index is -1.13. The van der Waals surface area contributed by atoms with Gasteiger partial charge in [-0.2, -0.15) is 0 Å². The highest BCUT2D eigenvalue weighted by Gasteiger charge is 2.77. The van der Waals surface area contributed by atoms with E-state index in [-0.39, 0.29) is 54.8 Å². The van der Waals surface area contributed by atoms with E-state index in [0.717, 1.165) is 0 Å². The number of ether oxygens (including phenoxy) is 3. The molecule has 8 heteroatoms. The zero-order valence-electron chi connectivity index (χ0n) is 23.5. The average Bonchev–Trinajstić information content (AvgIpc) is 3.44. The fourth-order valence-electron chi connectivity index (χ4n) is 8.74. The van der Waals surface area contributed by atoms with Gasteiger partial charge in [0.25, 0.3) is 0 Å². The Balaban J connectivity index is 1.63. The monoisotopic (exact) mass is 528 g/mol. The molecule has 3 fully saturated rings. The minimum Gasteiger partial charge on any atom is -0.469 e. The van der Waals surface area contributed by atoms with Crippen LogP contribution in [0.5, 0.6) is 0 Å². The van der Waals surface area contributed by atoms with Crippen LogP contribution in [0.4, 0.5) is 0 Å². The quantitative estimate of drug-likeness (QED) is 0.266. The number of methoxy groups -OCH3 is 1. The molecule has 8 nitrogen and oxygen atoms in total. The minimum absolute atomic E-state index is 0.0722. The van der Waals surface area contributed by atoms with Crippen molar-refractivity contribution in [1.82, 2.24) is 0 Å². The van der Waals surface area contributed by atoms with Crippen LogP contribution in [-0.4, -0.2) is 60.6 Å². The lowest BCUT2D eigenvalue weighted by Gasteiger charge is -2.54. The predicted molar refractivity (Wildman–Crippen MR) is 136 cm³/mol. The maximum Gasteiger partial charge on any atom is 0.305 e. The van der Waals surface area contributed by atoms with Gasteiger partial charge >= 0.3 is 5.97 Å². The van der Waals surface area contributed by atoms with E-state index >= 15 is 0 Å². The van der Waals surface area contributed by atoms with Gasteiger partial charge in [0.05, 0.1) is 36.9 Å². The highest BCUT2D eigenvalue weighted by Crippen LogP contribution is 2.72. The van der Waals surface area contributed by atoms with Gasteiger partial charge in [0.1, 0.15) is 5.78 Å². The summed E-state index contributed by atoms with van der Waals surface area (Å²) >= 11 is 0. The Bertz CT molecular complexity index is 1160. The van der Waals surface area contributed by atoms with Crippen molar-refractivity contribution in [3.05, 3.63) is 11.1 Å². The number of esters is 1. The first kappa shape index (κ1) is 27.4. The van der Waals surface area contributed by atoms with Gasteiger partial charge in [-0.15, -0.1) is 0 Å². The first-order valence-corrected chi connectivity index (χ1v) is 14.0. The van der Waals surface area contributed by atoms with Crippen LogP contribution in [0.15, 0.2) is 11.1 Å². The van der Waals surface area contributed by atoms with E-state index in [0.29, 0.717) is 44.3 Å². The van der Waals surface area contributed by atoms with Crippen molar-refractivity contribution in [2.75, 3.05) is 20.3 Å². The molecule has 2 heterocycles. The van der Waals surface area contributed by atoms with Crippen molar-refractivity contribution in [2.24, 2.45) is 28.1 Å². The highest BCUT2D eigenvalue weighted by molar-refractivity contribution is 6.48. The number of fused-ring (bicyclic) bond motifs is 1. The molecule has 5 rings (SSSR count). The number of Topliss-reactive ketones (excluding diaryl/α,β-unsaturated/α-hetero) is 4. The standard InChI is InChI=1S/C30H40O8/c1-7-17(31)8-13-28(4)19-9-12-27(3)22-18(32)14-20(29(5)15-37-29)26(2,11-10-21(33)36-6)23(22)24(34)25(35)30(19,27)16-38-28/h19-20H,7-16H2,1-6H3. The van der Waals surface area contributed by atoms with Gasteiger partial charge in [0.15, 0.2) is 5.78 Å². The Hall–Kier alpha value is -2.19. The number of hydrogen-bond acceptors (Lipinski definition) is 8. The maximum absolute atomic E-state index is 14.3. The van der Waals surface area contributed by atoms with Crippen molar-refractivity contribution in [2.45, 2.75) is 97.2 Å². The van der Waals surface area contributed by atoms with E-state index in [1.165, 1.54) is 7.11 Å². The molecule has 5 aliphatic rings. The van der Waals surface area contributed by atoms with Crippen molar-refractivity contribution >= 4 is 29.1 Å². The lowest BCUT2D eigenvalue weighted by atomic mass is 9.45. The molecule has 0 aromatic rings. The fraction of sp³-hybridized carbons (Fsp3) is 0.767. The molecule has 0 aromatic carbocycles. The van der Waals surface area contributed by atoms with E-state index in [4.69, 9.17) is 14.2 Å². The summed E-state index contributed by atoms with van der Waals surface area (Å²) in [4.78, 5) is 67.0. The van der Waals surface area contributed by atoms with Gasteiger partial charge in [-0.25, -0.2) is 0 Å². The number of allylic oxidation sites excluding steroid dienone is 2. The molecule has 7 atom stereocenters. The summed E-state index contributed by atoms with van der Waals surface area (Å²) in [6.07, 6.45) is 3.08. The van der Waals surface area contributed by atoms with Crippen molar-refractivity contribution < 1.29 is 38.2 Å². The second-order valence-corrected chi connectivity index (χ2v) is 13.1. The van der Waals surface area contributed by atoms with Gasteiger partial charge < -0.3 is 14.2 Å². The van der Waals surface area contributed by atoms with Crippen LogP contribution in [0.2, 0.25) is 0 Å². The molecule has 0 radical (unpaired) electrons. The van der Waals surface area contributed by atoms with E-state index in [2.05, 4.69) is 0 Å². The van der Waals surface area contributed by atoms with Crippen LogP contribution in [0.1, 0.15) is 86.0 Å². The molecule has 1 saturated carbocycles. The number of ketones is 4. The molecule has 38 heavy (non-hydrogen) atoms. The number of epoxide rings is 1. The molecule has 0 N–H and O–H groups in total. The third-order valence-electron chi connectivity index (χ3n) is 11.2. The van der Waals surface area contributed by atoms with Crippen LogP contribution in [-0.2, 0) is 38.2 Å². The van der Waals surface area contributed by atoms with Gasteiger partial charge in [-0.1, -0.05) is 20.8 Å². The molecule has 7 unspecified atom stereocenters. The second kappa shape index (κ2) is 8.65. The van der Waals surface area contributed by atoms with Gasteiger partial charge in [0, 0.05) is 59.5 Å². The van der Waals surface area contributed by atoms with Crippen LogP contribution < -0.4 is 0 Å². The van der Waals surface area contributed by atoms with E-state index in [1.807, 2.05) is 34.6 Å². The van der Waals surface area contributed by atoms with Crippen LogP contribution in [0, 0.1) is 28.1 Å². The smallest absolute Gasteiger partial charge is 0.305 e. The van der Waals surface area contributed by atoms with Crippen LogP contribution in [0.3, 0.4) is 0 Å². The fourth-order valence-corrected chi connectivity index (χ4v) is 8.74. The van der Waals surface area contributed by atoms with Crippen LogP contribution >= 0.6 is 0 Å². The summed E-state index contributed by atoms with van der Waals surface area (Å²) in [7, 11) is 1.33. The van der Waals surface area contributed by atoms with E-state index in [9.17, 15) is 24.0 Å². The average molecular weight is 529 g/mol. The largest absolute Gasteiger partial charge is 0.469 e. The first-order chi connectivity index (χ1) is 17.7. The van der Waals surface area contributed by atoms with Gasteiger partial charge in [-0.05, 0) is 39.5 Å². The SMILES string of the molecule is CCC(=O)CCC1(C)OCC23C(=O)C(=O)C4=C(C(=O)CC(C5(C)CO5)C4(C)CCC(=O)OC)C2(C)CCC13. The summed E-state index contributed by atoms with van der Waals surface area (Å²) in [5.74, 6) is -2.05. The number of rotatable bonds is 8. The molecule has 0 aromatic heterocycles. The van der Waals surface area contributed by atoms with Gasteiger partial charge in [-0.3, -0.25) is 24.0 Å². The predicted octanol–water partition coefficient (Wildman–Crippen LogP) is 3.72. The van der Waals surface area contributed by atoms with E-state index in [1.54, 1.807) is 0 Å². The maximum atomic E-state index is 14.3. The molecule has 0 bridgehead atoms. The Kier molecular flexibility index (Phi) is 6.24. The highest BCUT2D eigenvalue weighted by atomic mass is 16.6. The first-order valence-electron chi connectivity index (χ1n) is 14.0. The lowest BCUT2D eigenvalue weighted by molar-refractivity contribution is -0.150. The normalized spacial score (nSPS) is 43.6. The molecule has 2 aliphatic heterocycles. The van der Waals surface area contributed by atoms with Gasteiger partial charge in [0.2, 0.25) is 11.6 Å². The molecule has 0 amide bonds. The molecule has 208 valence electrons. The Morgan fingerprint density at radius 2 is 1.63 bits per heavy atom. The number of hydrogen-bond donors (Lipinski definition) is 0. The van der Waals surface area contributed by atoms with Crippen molar-refractivity contribution in [3.63, 3.8) is 0 Å². The zero-order valence-corrected chi connectivity index (χ0v) is 23.5. The van der Waals surface area contributed by atoms with E-state index < -0.39 is 45.0 Å². The van der Waals surface area contributed by atoms with Crippen molar-refractivity contribution in [1.29, 1.82) is 0 Å². The Morgan fingerprint density at radius 3 is 2.24 bits per heavy atom.